The SMILES string of the molecule is CC(C)CCNC(=O)C1CCNCC1.Cl. The average molecular weight is 235 g/mol. The Bertz CT molecular complexity index is 179. The van der Waals surface area contributed by atoms with E-state index in [2.05, 4.69) is 24.5 Å². The predicted molar refractivity (Wildman–Crippen MR) is 65.3 cm³/mol. The van der Waals surface area contributed by atoms with Gasteiger partial charge in [-0.15, -0.1) is 12.4 Å². The van der Waals surface area contributed by atoms with Crippen LogP contribution in [0.4, 0.5) is 0 Å². The van der Waals surface area contributed by atoms with Gasteiger partial charge in [0.15, 0.2) is 0 Å². The lowest BCUT2D eigenvalue weighted by molar-refractivity contribution is -0.125. The maximum absolute atomic E-state index is 11.6. The summed E-state index contributed by atoms with van der Waals surface area (Å²) >= 11 is 0. The Morgan fingerprint density at radius 2 is 2.00 bits per heavy atom. The highest BCUT2D eigenvalue weighted by Gasteiger charge is 2.19. The molecule has 1 saturated heterocycles. The number of carbonyl (C=O) groups is 1. The predicted octanol–water partition coefficient (Wildman–Crippen LogP) is 1.57. The van der Waals surface area contributed by atoms with Gasteiger partial charge in [0, 0.05) is 12.5 Å². The Balaban J connectivity index is 0.00000196. The molecule has 4 heteroatoms. The third-order valence-electron chi connectivity index (χ3n) is 2.73. The zero-order valence-electron chi connectivity index (χ0n) is 9.71. The molecular weight excluding hydrogens is 212 g/mol. The first-order valence-electron chi connectivity index (χ1n) is 5.68. The molecule has 0 aromatic heterocycles. The third-order valence-corrected chi connectivity index (χ3v) is 2.73. The van der Waals surface area contributed by atoms with Crippen LogP contribution in [0.25, 0.3) is 0 Å². The maximum atomic E-state index is 11.6. The molecule has 0 atom stereocenters. The van der Waals surface area contributed by atoms with E-state index in [0.29, 0.717) is 5.92 Å². The number of carbonyl (C=O) groups excluding carboxylic acids is 1. The van der Waals surface area contributed by atoms with E-state index < -0.39 is 0 Å². The Hall–Kier alpha value is -0.280. The van der Waals surface area contributed by atoms with Crippen molar-refractivity contribution in [2.75, 3.05) is 19.6 Å². The molecule has 0 unspecified atom stereocenters. The number of amides is 1. The van der Waals surface area contributed by atoms with Crippen LogP contribution in [0.1, 0.15) is 33.1 Å². The minimum atomic E-state index is 0. The van der Waals surface area contributed by atoms with Crippen LogP contribution in [-0.2, 0) is 4.79 Å². The molecule has 90 valence electrons. The Kier molecular flexibility index (Phi) is 7.79. The third kappa shape index (κ3) is 6.00. The molecule has 0 aliphatic carbocycles. The highest BCUT2D eigenvalue weighted by atomic mass is 35.5. The zero-order valence-corrected chi connectivity index (χ0v) is 10.5. The van der Waals surface area contributed by atoms with E-state index in [9.17, 15) is 4.79 Å². The van der Waals surface area contributed by atoms with Crippen LogP contribution in [0, 0.1) is 11.8 Å². The Morgan fingerprint density at radius 1 is 1.40 bits per heavy atom. The van der Waals surface area contributed by atoms with E-state index in [4.69, 9.17) is 0 Å². The number of piperidine rings is 1. The van der Waals surface area contributed by atoms with Gasteiger partial charge in [-0.25, -0.2) is 0 Å². The van der Waals surface area contributed by atoms with Crippen molar-refractivity contribution in [2.24, 2.45) is 11.8 Å². The molecule has 1 fully saturated rings. The quantitative estimate of drug-likeness (QED) is 0.776. The highest BCUT2D eigenvalue weighted by molar-refractivity contribution is 5.85. The summed E-state index contributed by atoms with van der Waals surface area (Å²) in [5, 5.41) is 6.28. The van der Waals surface area contributed by atoms with Gasteiger partial charge in [0.05, 0.1) is 0 Å². The maximum Gasteiger partial charge on any atom is 0.223 e. The van der Waals surface area contributed by atoms with Gasteiger partial charge in [0.2, 0.25) is 5.91 Å². The highest BCUT2D eigenvalue weighted by Crippen LogP contribution is 2.11. The van der Waals surface area contributed by atoms with Crippen molar-refractivity contribution in [1.29, 1.82) is 0 Å². The summed E-state index contributed by atoms with van der Waals surface area (Å²) in [4.78, 5) is 11.6. The van der Waals surface area contributed by atoms with Crippen LogP contribution in [-0.4, -0.2) is 25.5 Å². The van der Waals surface area contributed by atoms with Crippen molar-refractivity contribution in [2.45, 2.75) is 33.1 Å². The molecule has 1 amide bonds. The smallest absolute Gasteiger partial charge is 0.223 e. The topological polar surface area (TPSA) is 41.1 Å². The second-order valence-corrected chi connectivity index (χ2v) is 4.50. The number of rotatable bonds is 4. The molecule has 0 saturated carbocycles. The van der Waals surface area contributed by atoms with E-state index >= 15 is 0 Å². The van der Waals surface area contributed by atoms with Crippen LogP contribution in [0.3, 0.4) is 0 Å². The second kappa shape index (κ2) is 7.94. The second-order valence-electron chi connectivity index (χ2n) is 4.50. The molecule has 15 heavy (non-hydrogen) atoms. The summed E-state index contributed by atoms with van der Waals surface area (Å²) in [7, 11) is 0. The fourth-order valence-electron chi connectivity index (χ4n) is 1.71. The molecule has 1 aliphatic rings. The first-order chi connectivity index (χ1) is 6.70. The van der Waals surface area contributed by atoms with Gasteiger partial charge in [0.25, 0.3) is 0 Å². The van der Waals surface area contributed by atoms with Crippen LogP contribution in [0.5, 0.6) is 0 Å². The van der Waals surface area contributed by atoms with E-state index in [-0.39, 0.29) is 24.2 Å². The normalized spacial score (nSPS) is 17.3. The van der Waals surface area contributed by atoms with Crippen molar-refractivity contribution in [3.05, 3.63) is 0 Å². The number of hydrogen-bond donors (Lipinski definition) is 2. The van der Waals surface area contributed by atoms with Gasteiger partial charge in [-0.3, -0.25) is 4.79 Å². The van der Waals surface area contributed by atoms with Gasteiger partial charge in [-0.2, -0.15) is 0 Å². The first-order valence-corrected chi connectivity index (χ1v) is 5.68. The molecule has 1 aliphatic heterocycles. The van der Waals surface area contributed by atoms with Crippen LogP contribution in [0.2, 0.25) is 0 Å². The number of nitrogens with one attached hydrogen (secondary N) is 2. The molecule has 0 aromatic rings. The monoisotopic (exact) mass is 234 g/mol. The fraction of sp³-hybridized carbons (Fsp3) is 0.909. The lowest BCUT2D eigenvalue weighted by atomic mass is 9.97. The van der Waals surface area contributed by atoms with Gasteiger partial charge in [0.1, 0.15) is 0 Å². The molecule has 1 rings (SSSR count). The summed E-state index contributed by atoms with van der Waals surface area (Å²) in [6, 6.07) is 0. The Morgan fingerprint density at radius 3 is 2.53 bits per heavy atom. The molecule has 0 spiro atoms. The van der Waals surface area contributed by atoms with E-state index in [1.165, 1.54) is 0 Å². The number of halogens is 1. The number of hydrogen-bond acceptors (Lipinski definition) is 2. The molecule has 3 nitrogen and oxygen atoms in total. The van der Waals surface area contributed by atoms with Crippen LogP contribution >= 0.6 is 12.4 Å². The molecule has 0 radical (unpaired) electrons. The molecule has 0 bridgehead atoms. The largest absolute Gasteiger partial charge is 0.356 e. The van der Waals surface area contributed by atoms with Crippen LogP contribution in [0.15, 0.2) is 0 Å². The molecule has 2 N–H and O–H groups in total. The summed E-state index contributed by atoms with van der Waals surface area (Å²) < 4.78 is 0. The van der Waals surface area contributed by atoms with Gasteiger partial charge < -0.3 is 10.6 Å². The molecule has 0 aromatic carbocycles. The molecule has 1 heterocycles. The average Bonchev–Trinajstić information content (AvgIpc) is 2.18. The lowest BCUT2D eigenvalue weighted by Gasteiger charge is -2.21. The summed E-state index contributed by atoms with van der Waals surface area (Å²) in [6.45, 7) is 7.17. The standard InChI is InChI=1S/C11H22N2O.ClH/c1-9(2)3-8-13-11(14)10-4-6-12-7-5-10;/h9-10,12H,3-8H2,1-2H3,(H,13,14);1H. The summed E-state index contributed by atoms with van der Waals surface area (Å²) in [5.41, 5.74) is 0. The van der Waals surface area contributed by atoms with Crippen molar-refractivity contribution in [3.8, 4) is 0 Å². The fourth-order valence-corrected chi connectivity index (χ4v) is 1.71. The van der Waals surface area contributed by atoms with E-state index in [0.717, 1.165) is 38.9 Å². The van der Waals surface area contributed by atoms with Crippen molar-refractivity contribution >= 4 is 18.3 Å². The Labute approximate surface area is 98.8 Å². The van der Waals surface area contributed by atoms with Crippen LogP contribution < -0.4 is 10.6 Å². The van der Waals surface area contributed by atoms with Crippen molar-refractivity contribution in [1.82, 2.24) is 10.6 Å². The van der Waals surface area contributed by atoms with Gasteiger partial charge in [-0.1, -0.05) is 13.8 Å². The summed E-state index contributed by atoms with van der Waals surface area (Å²) in [6.07, 6.45) is 3.07. The van der Waals surface area contributed by atoms with E-state index in [1.54, 1.807) is 0 Å². The van der Waals surface area contributed by atoms with Crippen molar-refractivity contribution in [3.63, 3.8) is 0 Å². The molecular formula is C11H23ClN2O. The van der Waals surface area contributed by atoms with Gasteiger partial charge in [-0.05, 0) is 38.3 Å². The van der Waals surface area contributed by atoms with Gasteiger partial charge >= 0.3 is 0 Å². The van der Waals surface area contributed by atoms with Crippen molar-refractivity contribution < 1.29 is 4.79 Å². The minimum Gasteiger partial charge on any atom is -0.356 e. The van der Waals surface area contributed by atoms with E-state index in [1.807, 2.05) is 0 Å². The summed E-state index contributed by atoms with van der Waals surface area (Å²) in [5.74, 6) is 1.18. The minimum absolute atomic E-state index is 0. The first kappa shape index (κ1) is 14.7. The lowest BCUT2D eigenvalue weighted by Crippen LogP contribution is -2.38. The zero-order chi connectivity index (χ0) is 10.4.